The third-order valence-electron chi connectivity index (χ3n) is 2.50. The summed E-state index contributed by atoms with van der Waals surface area (Å²) in [6.07, 6.45) is 3.55. The summed E-state index contributed by atoms with van der Waals surface area (Å²) in [6.45, 7) is 0. The maximum atomic E-state index is 5.84. The minimum absolute atomic E-state index is 0.107. The maximum absolute atomic E-state index is 5.84. The molecule has 0 amide bonds. The molecule has 0 spiro atoms. The van der Waals surface area contributed by atoms with Crippen molar-refractivity contribution in [3.8, 4) is 11.6 Å². The topological polar surface area (TPSA) is 63.7 Å². The molecule has 0 fully saturated rings. The van der Waals surface area contributed by atoms with Crippen molar-refractivity contribution in [1.29, 1.82) is 0 Å². The van der Waals surface area contributed by atoms with Crippen LogP contribution in [0.2, 0.25) is 5.28 Å². The fourth-order valence-corrected chi connectivity index (χ4v) is 2.18. The van der Waals surface area contributed by atoms with Crippen molar-refractivity contribution in [2.24, 2.45) is 0 Å². The molecule has 0 aliphatic rings. The lowest BCUT2D eigenvalue weighted by atomic mass is 10.3. The number of fused-ring (bicyclic) bond motifs is 1. The van der Waals surface area contributed by atoms with Gasteiger partial charge in [0.25, 0.3) is 0 Å². The predicted molar refractivity (Wildman–Crippen MR) is 75.0 cm³/mol. The lowest BCUT2D eigenvalue weighted by molar-refractivity contribution is 0.467. The summed E-state index contributed by atoms with van der Waals surface area (Å²) < 4.78 is 5.71. The summed E-state index contributed by atoms with van der Waals surface area (Å²) in [6, 6.07) is 7.72. The number of thioether (sulfide) groups is 1. The Morgan fingerprint density at radius 3 is 2.74 bits per heavy atom. The van der Waals surface area contributed by atoms with Gasteiger partial charge >= 0.3 is 0 Å². The average molecular weight is 293 g/mol. The van der Waals surface area contributed by atoms with Crippen molar-refractivity contribution in [2.75, 3.05) is 6.26 Å². The van der Waals surface area contributed by atoms with Gasteiger partial charge in [0.05, 0.1) is 6.33 Å². The monoisotopic (exact) mass is 292 g/mol. The quantitative estimate of drug-likeness (QED) is 0.591. The van der Waals surface area contributed by atoms with Gasteiger partial charge in [-0.1, -0.05) is 0 Å². The first kappa shape index (κ1) is 12.3. The van der Waals surface area contributed by atoms with Crippen LogP contribution < -0.4 is 4.74 Å². The van der Waals surface area contributed by atoms with Crippen LogP contribution >= 0.6 is 23.4 Å². The normalized spacial score (nSPS) is 10.8. The summed E-state index contributed by atoms with van der Waals surface area (Å²) in [5.41, 5.74) is 1.11. The summed E-state index contributed by atoms with van der Waals surface area (Å²) in [4.78, 5) is 16.2. The number of nitrogens with zero attached hydrogens (tertiary/aromatic N) is 3. The lowest BCUT2D eigenvalue weighted by Gasteiger charge is -2.06. The number of benzene rings is 1. The molecule has 2 aromatic heterocycles. The Bertz CT molecular complexity index is 713. The van der Waals surface area contributed by atoms with E-state index in [0.29, 0.717) is 22.8 Å². The second-order valence-corrected chi connectivity index (χ2v) is 4.89. The molecule has 19 heavy (non-hydrogen) atoms. The molecule has 96 valence electrons. The van der Waals surface area contributed by atoms with Crippen LogP contribution in [-0.4, -0.2) is 26.2 Å². The minimum atomic E-state index is 0.107. The Morgan fingerprint density at radius 1 is 1.21 bits per heavy atom. The first-order valence-electron chi connectivity index (χ1n) is 5.45. The fraction of sp³-hybridized carbons (Fsp3) is 0.0833. The minimum Gasteiger partial charge on any atom is -0.437 e. The second-order valence-electron chi connectivity index (χ2n) is 3.68. The third-order valence-corrected chi connectivity index (χ3v) is 3.41. The van der Waals surface area contributed by atoms with Crippen molar-refractivity contribution in [3.63, 3.8) is 0 Å². The molecule has 0 saturated heterocycles. The number of ether oxygens (including phenoxy) is 1. The number of nitrogens with one attached hydrogen (secondary N) is 1. The van der Waals surface area contributed by atoms with Crippen LogP contribution in [0, 0.1) is 0 Å². The Kier molecular flexibility index (Phi) is 3.27. The van der Waals surface area contributed by atoms with E-state index in [1.165, 1.54) is 11.2 Å². The van der Waals surface area contributed by atoms with Gasteiger partial charge in [0.2, 0.25) is 11.2 Å². The molecule has 5 nitrogen and oxygen atoms in total. The van der Waals surface area contributed by atoms with E-state index in [1.807, 2.05) is 30.5 Å². The zero-order valence-electron chi connectivity index (χ0n) is 9.92. The summed E-state index contributed by atoms with van der Waals surface area (Å²) in [5.74, 6) is 1.05. The van der Waals surface area contributed by atoms with Crippen LogP contribution in [-0.2, 0) is 0 Å². The lowest BCUT2D eigenvalue weighted by Crippen LogP contribution is -1.92. The van der Waals surface area contributed by atoms with Crippen molar-refractivity contribution in [2.45, 2.75) is 4.90 Å². The van der Waals surface area contributed by atoms with E-state index in [2.05, 4.69) is 19.9 Å². The molecule has 3 aromatic rings. The number of H-pyrrole nitrogens is 1. The van der Waals surface area contributed by atoms with Crippen LogP contribution in [0.4, 0.5) is 0 Å². The highest BCUT2D eigenvalue weighted by molar-refractivity contribution is 7.98. The number of aromatic nitrogens is 4. The van der Waals surface area contributed by atoms with E-state index in [1.54, 1.807) is 11.8 Å². The molecule has 1 aromatic carbocycles. The Morgan fingerprint density at radius 2 is 2.00 bits per heavy atom. The Hall–Kier alpha value is -1.79. The second kappa shape index (κ2) is 5.07. The zero-order chi connectivity index (χ0) is 13.2. The summed E-state index contributed by atoms with van der Waals surface area (Å²) in [5, 5.41) is 0.107. The number of halogens is 1. The highest BCUT2D eigenvalue weighted by Crippen LogP contribution is 2.27. The smallest absolute Gasteiger partial charge is 0.250 e. The largest absolute Gasteiger partial charge is 0.437 e. The van der Waals surface area contributed by atoms with Gasteiger partial charge < -0.3 is 9.72 Å². The number of imidazole rings is 1. The van der Waals surface area contributed by atoms with Gasteiger partial charge in [0.15, 0.2) is 5.65 Å². The molecule has 2 heterocycles. The van der Waals surface area contributed by atoms with Gasteiger partial charge in [-0.2, -0.15) is 9.97 Å². The SMILES string of the molecule is CSc1ccc(Oc2nc(Cl)nc3nc[nH]c23)cc1. The summed E-state index contributed by atoms with van der Waals surface area (Å²) >= 11 is 7.51. The molecule has 0 aliphatic carbocycles. The molecular formula is C12H9ClN4OS. The Balaban J connectivity index is 1.97. The van der Waals surface area contributed by atoms with Crippen molar-refractivity contribution in [3.05, 3.63) is 35.9 Å². The van der Waals surface area contributed by atoms with Gasteiger partial charge in [-0.3, -0.25) is 0 Å². The van der Waals surface area contributed by atoms with Gasteiger partial charge in [-0.15, -0.1) is 11.8 Å². The van der Waals surface area contributed by atoms with Crippen molar-refractivity contribution >= 4 is 34.5 Å². The first-order chi connectivity index (χ1) is 9.26. The number of hydrogen-bond donors (Lipinski definition) is 1. The van der Waals surface area contributed by atoms with E-state index in [-0.39, 0.29) is 5.28 Å². The van der Waals surface area contributed by atoms with E-state index >= 15 is 0 Å². The highest BCUT2D eigenvalue weighted by Gasteiger charge is 2.10. The van der Waals surface area contributed by atoms with Gasteiger partial charge in [-0.05, 0) is 42.1 Å². The average Bonchev–Trinajstić information content (AvgIpc) is 2.88. The van der Waals surface area contributed by atoms with Crippen molar-refractivity contribution in [1.82, 2.24) is 19.9 Å². The van der Waals surface area contributed by atoms with Gasteiger partial charge in [0.1, 0.15) is 11.3 Å². The zero-order valence-corrected chi connectivity index (χ0v) is 11.5. The standard InChI is InChI=1S/C12H9ClN4OS/c1-19-8-4-2-7(3-5-8)18-11-9-10(15-6-14-9)16-12(13)17-11/h2-6H,1H3,(H,14,15,16,17). The molecule has 0 saturated carbocycles. The molecule has 1 N–H and O–H groups in total. The van der Waals surface area contributed by atoms with E-state index in [9.17, 15) is 0 Å². The van der Waals surface area contributed by atoms with Crippen LogP contribution in [0.1, 0.15) is 0 Å². The molecule has 3 rings (SSSR count). The van der Waals surface area contributed by atoms with Crippen LogP contribution in [0.25, 0.3) is 11.2 Å². The van der Waals surface area contributed by atoms with Gasteiger partial charge in [-0.25, -0.2) is 4.98 Å². The fourth-order valence-electron chi connectivity index (χ4n) is 1.61. The number of rotatable bonds is 3. The first-order valence-corrected chi connectivity index (χ1v) is 7.05. The van der Waals surface area contributed by atoms with E-state index < -0.39 is 0 Å². The molecule has 7 heteroatoms. The maximum Gasteiger partial charge on any atom is 0.250 e. The van der Waals surface area contributed by atoms with Crippen LogP contribution in [0.5, 0.6) is 11.6 Å². The molecule has 0 bridgehead atoms. The Labute approximate surface area is 118 Å². The molecule has 0 aliphatic heterocycles. The number of hydrogen-bond acceptors (Lipinski definition) is 5. The molecule has 0 atom stereocenters. The van der Waals surface area contributed by atoms with E-state index in [4.69, 9.17) is 16.3 Å². The number of aromatic amines is 1. The molecule has 0 unspecified atom stereocenters. The predicted octanol–water partition coefficient (Wildman–Crippen LogP) is 3.52. The summed E-state index contributed by atoms with van der Waals surface area (Å²) in [7, 11) is 0. The highest BCUT2D eigenvalue weighted by atomic mass is 35.5. The molecular weight excluding hydrogens is 284 g/mol. The van der Waals surface area contributed by atoms with Crippen LogP contribution in [0.15, 0.2) is 35.5 Å². The van der Waals surface area contributed by atoms with E-state index in [0.717, 1.165) is 0 Å². The van der Waals surface area contributed by atoms with Gasteiger partial charge in [0, 0.05) is 4.90 Å². The van der Waals surface area contributed by atoms with Crippen molar-refractivity contribution < 1.29 is 4.74 Å². The molecule has 0 radical (unpaired) electrons. The van der Waals surface area contributed by atoms with Crippen LogP contribution in [0.3, 0.4) is 0 Å². The third kappa shape index (κ3) is 2.50.